The maximum atomic E-state index is 12.9. The molecule has 1 aliphatic rings. The third-order valence-electron chi connectivity index (χ3n) is 4.05. The molecule has 1 aliphatic heterocycles. The van der Waals surface area contributed by atoms with E-state index in [4.69, 9.17) is 16.3 Å². The van der Waals surface area contributed by atoms with Crippen molar-refractivity contribution < 1.29 is 13.9 Å². The van der Waals surface area contributed by atoms with Gasteiger partial charge in [-0.05, 0) is 42.5 Å². The molecule has 2 aromatic carbocycles. The monoisotopic (exact) mass is 403 g/mol. The van der Waals surface area contributed by atoms with E-state index in [1.54, 1.807) is 28.6 Å². The molecule has 1 aromatic heterocycles. The molecule has 0 fully saturated rings. The number of aromatic nitrogens is 2. The fraction of sp³-hybridized carbons (Fsp3) is 0.158. The van der Waals surface area contributed by atoms with Crippen LogP contribution >= 0.6 is 23.4 Å². The van der Waals surface area contributed by atoms with E-state index in [0.717, 1.165) is 28.5 Å². The number of amides is 1. The molecule has 2 heterocycles. The van der Waals surface area contributed by atoms with Gasteiger partial charge >= 0.3 is 0 Å². The van der Waals surface area contributed by atoms with Gasteiger partial charge in [0.25, 0.3) is 5.91 Å². The summed E-state index contributed by atoms with van der Waals surface area (Å²) in [4.78, 5) is 12.4. The van der Waals surface area contributed by atoms with Crippen LogP contribution in [0.25, 0.3) is 5.69 Å². The Hall–Kier alpha value is -2.51. The maximum Gasteiger partial charge on any atom is 0.263 e. The van der Waals surface area contributed by atoms with Gasteiger partial charge in [0, 0.05) is 22.1 Å². The Morgan fingerprint density at radius 2 is 2.07 bits per heavy atom. The molecule has 0 unspecified atom stereocenters. The van der Waals surface area contributed by atoms with Crippen molar-refractivity contribution in [3.8, 4) is 11.4 Å². The average Bonchev–Trinajstić information content (AvgIpc) is 3.24. The van der Waals surface area contributed by atoms with E-state index in [1.165, 1.54) is 24.3 Å². The Kier molecular flexibility index (Phi) is 5.05. The van der Waals surface area contributed by atoms with Crippen LogP contribution in [-0.4, -0.2) is 22.3 Å². The number of ether oxygens (including phenoxy) is 1. The summed E-state index contributed by atoms with van der Waals surface area (Å²) < 4.78 is 20.1. The predicted molar refractivity (Wildman–Crippen MR) is 104 cm³/mol. The summed E-state index contributed by atoms with van der Waals surface area (Å²) in [5.41, 5.74) is 2.74. The standard InChI is InChI=1S/C19H15ClFN3O2S/c20-12-2-1-3-14(8-12)24-19(16-10-27-11-17(16)23-24)22-18(25)9-26-15-6-4-13(21)5-7-15/h1-8H,9-11H2,(H,22,25). The Bertz CT molecular complexity index is 991. The van der Waals surface area contributed by atoms with Gasteiger partial charge in [-0.25, -0.2) is 9.07 Å². The van der Waals surface area contributed by atoms with Crippen LogP contribution in [0.15, 0.2) is 48.5 Å². The minimum absolute atomic E-state index is 0.186. The molecule has 0 saturated heterocycles. The van der Waals surface area contributed by atoms with E-state index in [9.17, 15) is 9.18 Å². The first-order valence-corrected chi connectivity index (χ1v) is 9.76. The lowest BCUT2D eigenvalue weighted by Gasteiger charge is -2.12. The third-order valence-corrected chi connectivity index (χ3v) is 5.25. The summed E-state index contributed by atoms with van der Waals surface area (Å²) in [5, 5.41) is 8.11. The number of anilines is 1. The van der Waals surface area contributed by atoms with Crippen molar-refractivity contribution in [2.75, 3.05) is 11.9 Å². The van der Waals surface area contributed by atoms with E-state index >= 15 is 0 Å². The minimum Gasteiger partial charge on any atom is -0.484 e. The highest BCUT2D eigenvalue weighted by atomic mass is 35.5. The van der Waals surface area contributed by atoms with Crippen LogP contribution < -0.4 is 10.1 Å². The number of hydrogen-bond donors (Lipinski definition) is 1. The van der Waals surface area contributed by atoms with Gasteiger partial charge in [0.15, 0.2) is 6.61 Å². The van der Waals surface area contributed by atoms with E-state index in [-0.39, 0.29) is 18.3 Å². The fourth-order valence-electron chi connectivity index (χ4n) is 2.78. The Labute approximate surface area is 164 Å². The van der Waals surface area contributed by atoms with Gasteiger partial charge in [-0.15, -0.1) is 0 Å². The zero-order valence-corrected chi connectivity index (χ0v) is 15.7. The number of rotatable bonds is 5. The average molecular weight is 404 g/mol. The molecular formula is C19H15ClFN3O2S. The van der Waals surface area contributed by atoms with Crippen molar-refractivity contribution in [2.24, 2.45) is 0 Å². The normalized spacial score (nSPS) is 12.7. The summed E-state index contributed by atoms with van der Waals surface area (Å²) in [6.45, 7) is -0.186. The van der Waals surface area contributed by atoms with Gasteiger partial charge in [0.1, 0.15) is 17.4 Å². The molecule has 0 saturated carbocycles. The number of halogens is 2. The van der Waals surface area contributed by atoms with Crippen LogP contribution in [0.3, 0.4) is 0 Å². The van der Waals surface area contributed by atoms with Gasteiger partial charge in [0.2, 0.25) is 0 Å². The third kappa shape index (κ3) is 3.94. The first-order chi connectivity index (χ1) is 13.1. The molecule has 0 bridgehead atoms. The molecule has 27 heavy (non-hydrogen) atoms. The first kappa shape index (κ1) is 17.9. The number of fused-ring (bicyclic) bond motifs is 1. The molecule has 138 valence electrons. The molecule has 1 amide bonds. The zero-order valence-electron chi connectivity index (χ0n) is 14.1. The Morgan fingerprint density at radius 3 is 2.85 bits per heavy atom. The molecule has 0 spiro atoms. The van der Waals surface area contributed by atoms with Crippen LogP contribution in [0, 0.1) is 5.82 Å². The summed E-state index contributed by atoms with van der Waals surface area (Å²) in [6.07, 6.45) is 0. The van der Waals surface area contributed by atoms with Gasteiger partial charge in [-0.3, -0.25) is 4.79 Å². The van der Waals surface area contributed by atoms with Gasteiger partial charge in [-0.2, -0.15) is 16.9 Å². The molecule has 0 radical (unpaired) electrons. The second-order valence-corrected chi connectivity index (χ2v) is 7.37. The van der Waals surface area contributed by atoms with Gasteiger partial charge in [-0.1, -0.05) is 17.7 Å². The summed E-state index contributed by atoms with van der Waals surface area (Å²) >= 11 is 7.85. The molecule has 4 rings (SSSR count). The number of thioether (sulfide) groups is 1. The van der Waals surface area contributed by atoms with Gasteiger partial charge in [0.05, 0.1) is 11.4 Å². The molecule has 1 N–H and O–H groups in total. The lowest BCUT2D eigenvalue weighted by Crippen LogP contribution is -2.22. The van der Waals surface area contributed by atoms with Crippen molar-refractivity contribution in [3.63, 3.8) is 0 Å². The molecule has 5 nitrogen and oxygen atoms in total. The second-order valence-electron chi connectivity index (χ2n) is 5.95. The number of benzene rings is 2. The number of carbonyl (C=O) groups is 1. The van der Waals surface area contributed by atoms with E-state index in [0.29, 0.717) is 16.6 Å². The highest BCUT2D eigenvalue weighted by Gasteiger charge is 2.24. The summed E-state index contributed by atoms with van der Waals surface area (Å²) in [6, 6.07) is 12.8. The van der Waals surface area contributed by atoms with Crippen molar-refractivity contribution >= 4 is 35.1 Å². The van der Waals surface area contributed by atoms with Crippen molar-refractivity contribution in [1.82, 2.24) is 9.78 Å². The Morgan fingerprint density at radius 1 is 1.26 bits per heavy atom. The summed E-state index contributed by atoms with van der Waals surface area (Å²) in [5.74, 6) is 1.97. The largest absolute Gasteiger partial charge is 0.484 e. The van der Waals surface area contributed by atoms with E-state index in [2.05, 4.69) is 10.4 Å². The van der Waals surface area contributed by atoms with Gasteiger partial charge < -0.3 is 10.1 Å². The number of nitrogens with one attached hydrogen (secondary N) is 1. The van der Waals surface area contributed by atoms with Crippen LogP contribution in [0.4, 0.5) is 10.2 Å². The lowest BCUT2D eigenvalue weighted by atomic mass is 10.2. The summed E-state index contributed by atoms with van der Waals surface area (Å²) in [7, 11) is 0. The lowest BCUT2D eigenvalue weighted by molar-refractivity contribution is -0.118. The Balaban J connectivity index is 1.54. The molecule has 8 heteroatoms. The number of nitrogens with zero attached hydrogens (tertiary/aromatic N) is 2. The smallest absolute Gasteiger partial charge is 0.263 e. The number of carbonyl (C=O) groups excluding carboxylic acids is 1. The van der Waals surface area contributed by atoms with Crippen molar-refractivity contribution in [2.45, 2.75) is 11.5 Å². The van der Waals surface area contributed by atoms with E-state index in [1.807, 2.05) is 12.1 Å². The topological polar surface area (TPSA) is 56.1 Å². The van der Waals surface area contributed by atoms with Crippen LogP contribution in [-0.2, 0) is 16.3 Å². The fourth-order valence-corrected chi connectivity index (χ4v) is 4.00. The second kappa shape index (κ2) is 7.62. The quantitative estimate of drug-likeness (QED) is 0.684. The molecule has 0 aliphatic carbocycles. The SMILES string of the molecule is O=C(COc1ccc(F)cc1)Nc1c2c(nn1-c1cccc(Cl)c1)CSC2. The van der Waals surface area contributed by atoms with Crippen molar-refractivity contribution in [3.05, 3.63) is 70.6 Å². The number of hydrogen-bond acceptors (Lipinski definition) is 4. The first-order valence-electron chi connectivity index (χ1n) is 8.23. The van der Waals surface area contributed by atoms with Crippen LogP contribution in [0.2, 0.25) is 5.02 Å². The molecular weight excluding hydrogens is 389 g/mol. The van der Waals surface area contributed by atoms with Crippen LogP contribution in [0.1, 0.15) is 11.3 Å². The minimum atomic E-state index is -0.356. The maximum absolute atomic E-state index is 12.9. The highest BCUT2D eigenvalue weighted by molar-refractivity contribution is 7.98. The van der Waals surface area contributed by atoms with E-state index < -0.39 is 0 Å². The van der Waals surface area contributed by atoms with Crippen LogP contribution in [0.5, 0.6) is 5.75 Å². The highest BCUT2D eigenvalue weighted by Crippen LogP contribution is 2.36. The molecule has 0 atom stereocenters. The molecule has 3 aromatic rings. The zero-order chi connectivity index (χ0) is 18.8. The van der Waals surface area contributed by atoms with Crippen molar-refractivity contribution in [1.29, 1.82) is 0 Å². The predicted octanol–water partition coefficient (Wildman–Crippen LogP) is 4.43.